The van der Waals surface area contributed by atoms with Gasteiger partial charge >= 0.3 is 0 Å². The third-order valence-electron chi connectivity index (χ3n) is 2.66. The number of carbonyl (C=O) groups excluding carboxylic acids is 1. The molecule has 0 aliphatic rings. The van der Waals surface area contributed by atoms with Gasteiger partial charge in [-0.25, -0.2) is 0 Å². The van der Waals surface area contributed by atoms with Gasteiger partial charge in [0, 0.05) is 4.90 Å². The number of thioether (sulfide) groups is 1. The summed E-state index contributed by atoms with van der Waals surface area (Å²) in [6, 6.07) is 18.9. The van der Waals surface area contributed by atoms with Crippen LogP contribution in [-0.2, 0) is 4.79 Å². The smallest absolute Gasteiger partial charge is 0.201 e. The molecule has 0 amide bonds. The highest BCUT2D eigenvalue weighted by atomic mass is 35.5. The van der Waals surface area contributed by atoms with E-state index in [1.165, 1.54) is 11.8 Å². The molecule has 0 aliphatic heterocycles. The quantitative estimate of drug-likeness (QED) is 0.585. The zero-order valence-corrected chi connectivity index (χ0v) is 12.6. The summed E-state index contributed by atoms with van der Waals surface area (Å²) in [6.45, 7) is 1.72. The van der Waals surface area contributed by atoms with E-state index in [2.05, 4.69) is 0 Å². The van der Waals surface area contributed by atoms with Gasteiger partial charge in [0.25, 0.3) is 0 Å². The van der Waals surface area contributed by atoms with Gasteiger partial charge in [-0.3, -0.25) is 4.79 Å². The van der Waals surface area contributed by atoms with Crippen molar-refractivity contribution in [3.63, 3.8) is 0 Å². The number of benzene rings is 2. The number of hydrogen-bond donors (Lipinski definition) is 0. The maximum Gasteiger partial charge on any atom is 0.201 e. The summed E-state index contributed by atoms with van der Waals surface area (Å²) >= 11 is 7.49. The van der Waals surface area contributed by atoms with Gasteiger partial charge in [-0.15, -0.1) is 11.6 Å². The summed E-state index contributed by atoms with van der Waals surface area (Å²) < 4.78 is 4.93. The molecule has 2 aromatic rings. The van der Waals surface area contributed by atoms with E-state index in [9.17, 15) is 4.79 Å². The molecule has 0 saturated carbocycles. The van der Waals surface area contributed by atoms with E-state index in [4.69, 9.17) is 16.3 Å². The van der Waals surface area contributed by atoms with Crippen molar-refractivity contribution in [2.45, 2.75) is 22.6 Å². The summed E-state index contributed by atoms with van der Waals surface area (Å²) in [5, 5.41) is 0. The molecule has 0 unspecified atom stereocenters. The average molecular weight is 307 g/mol. The van der Waals surface area contributed by atoms with Crippen molar-refractivity contribution in [1.82, 2.24) is 0 Å². The fraction of sp³-hybridized carbons (Fsp3) is 0.188. The van der Waals surface area contributed by atoms with Crippen LogP contribution in [0.15, 0.2) is 65.6 Å². The first-order valence-electron chi connectivity index (χ1n) is 6.28. The lowest BCUT2D eigenvalue weighted by Gasteiger charge is -2.16. The van der Waals surface area contributed by atoms with Crippen LogP contribution >= 0.6 is 23.4 Å². The molecule has 0 bridgehead atoms. The molecule has 0 fully saturated rings. The molecule has 0 saturated heterocycles. The van der Waals surface area contributed by atoms with Crippen LogP contribution in [0.3, 0.4) is 0 Å². The van der Waals surface area contributed by atoms with E-state index < -0.39 is 10.8 Å². The maximum atomic E-state index is 12.2. The Bertz CT molecular complexity index is 495. The van der Waals surface area contributed by atoms with Crippen LogP contribution in [0.5, 0.6) is 5.75 Å². The number of ketones is 1. The number of carbonyl (C=O) groups is 1. The number of Topliss-reactive ketones (excluding diaryl/α,β-unsaturated/α-hetero) is 1. The zero-order valence-electron chi connectivity index (χ0n) is 11.0. The Balaban J connectivity index is 1.93. The molecule has 4 heteroatoms. The molecule has 2 aromatic carbocycles. The number of ether oxygens (including phenoxy) is 1. The number of halogens is 1. The average Bonchev–Trinajstić information content (AvgIpc) is 2.48. The van der Waals surface area contributed by atoms with E-state index in [-0.39, 0.29) is 5.78 Å². The van der Waals surface area contributed by atoms with Crippen molar-refractivity contribution in [2.75, 3.05) is 0 Å². The first kappa shape index (κ1) is 14.9. The van der Waals surface area contributed by atoms with Crippen LogP contribution < -0.4 is 4.74 Å². The van der Waals surface area contributed by atoms with Gasteiger partial charge in [-0.05, 0) is 31.2 Å². The molecule has 0 aromatic heterocycles. The van der Waals surface area contributed by atoms with Crippen molar-refractivity contribution in [1.29, 1.82) is 0 Å². The van der Waals surface area contributed by atoms with E-state index in [1.807, 2.05) is 60.7 Å². The van der Waals surface area contributed by atoms with E-state index in [1.54, 1.807) is 6.92 Å². The molecule has 0 aliphatic carbocycles. The predicted molar refractivity (Wildman–Crippen MR) is 83.5 cm³/mol. The Labute approximate surface area is 128 Å². The minimum Gasteiger partial charge on any atom is -0.483 e. The normalized spacial score (nSPS) is 13.5. The lowest BCUT2D eigenvalue weighted by Crippen LogP contribution is -2.29. The molecule has 0 radical (unpaired) electrons. The Morgan fingerprint density at radius 2 is 1.60 bits per heavy atom. The lowest BCUT2D eigenvalue weighted by atomic mass is 10.3. The van der Waals surface area contributed by atoms with Gasteiger partial charge in [-0.2, -0.15) is 0 Å². The van der Waals surface area contributed by atoms with Crippen LogP contribution in [0.2, 0.25) is 0 Å². The van der Waals surface area contributed by atoms with Crippen LogP contribution in [0, 0.1) is 0 Å². The van der Waals surface area contributed by atoms with Crippen LogP contribution in [0.1, 0.15) is 6.92 Å². The molecule has 2 atom stereocenters. The molecule has 0 N–H and O–H groups in total. The highest BCUT2D eigenvalue weighted by molar-refractivity contribution is 8.01. The second kappa shape index (κ2) is 7.36. The van der Waals surface area contributed by atoms with Gasteiger partial charge < -0.3 is 4.74 Å². The van der Waals surface area contributed by atoms with Gasteiger partial charge in [0.1, 0.15) is 10.5 Å². The third kappa shape index (κ3) is 4.29. The second-order valence-electron chi connectivity index (χ2n) is 4.22. The summed E-state index contributed by atoms with van der Waals surface area (Å²) in [4.78, 5) is 13.1. The van der Waals surface area contributed by atoms with Crippen molar-refractivity contribution < 1.29 is 9.53 Å². The zero-order chi connectivity index (χ0) is 14.4. The maximum absolute atomic E-state index is 12.2. The number of hydrogen-bond acceptors (Lipinski definition) is 3. The SMILES string of the molecule is C[C@@H](Oc1ccccc1)C(=O)[C@H](Cl)Sc1ccccc1. The fourth-order valence-corrected chi connectivity index (χ4v) is 2.97. The predicted octanol–water partition coefficient (Wildman–Crippen LogP) is 4.38. The Hall–Kier alpha value is -1.45. The summed E-state index contributed by atoms with van der Waals surface area (Å²) in [7, 11) is 0. The number of alkyl halides is 1. The molecule has 2 rings (SSSR count). The van der Waals surface area contributed by atoms with E-state index in [0.717, 1.165) is 4.90 Å². The standard InChI is InChI=1S/C16H15ClO2S/c1-12(19-13-8-4-2-5-9-13)15(18)16(17)20-14-10-6-3-7-11-14/h2-12,16H,1H3/t12-,16-/m1/s1. The molecule has 0 heterocycles. The molecule has 104 valence electrons. The first-order chi connectivity index (χ1) is 9.66. The van der Waals surface area contributed by atoms with Crippen LogP contribution in [0.4, 0.5) is 0 Å². The van der Waals surface area contributed by atoms with Crippen LogP contribution in [-0.4, -0.2) is 16.6 Å². The molecule has 2 nitrogen and oxygen atoms in total. The lowest BCUT2D eigenvalue weighted by molar-refractivity contribution is -0.123. The van der Waals surface area contributed by atoms with E-state index >= 15 is 0 Å². The third-order valence-corrected chi connectivity index (χ3v) is 4.13. The Kier molecular flexibility index (Phi) is 5.50. The van der Waals surface area contributed by atoms with Gasteiger partial charge in [0.05, 0.1) is 0 Å². The summed E-state index contributed by atoms with van der Waals surface area (Å²) in [6.07, 6.45) is -0.573. The highest BCUT2D eigenvalue weighted by Crippen LogP contribution is 2.27. The fourth-order valence-electron chi connectivity index (χ4n) is 1.62. The number of para-hydroxylation sites is 1. The molecular formula is C16H15ClO2S. The summed E-state index contributed by atoms with van der Waals surface area (Å²) in [5.41, 5.74) is 0. The summed E-state index contributed by atoms with van der Waals surface area (Å²) in [5.74, 6) is 0.534. The largest absolute Gasteiger partial charge is 0.483 e. The van der Waals surface area contributed by atoms with Crippen molar-refractivity contribution >= 4 is 29.1 Å². The monoisotopic (exact) mass is 306 g/mol. The molecular weight excluding hydrogens is 292 g/mol. The van der Waals surface area contributed by atoms with Crippen molar-refractivity contribution in [3.05, 3.63) is 60.7 Å². The second-order valence-corrected chi connectivity index (χ2v) is 6.10. The minimum absolute atomic E-state index is 0.135. The minimum atomic E-state index is -0.656. The van der Waals surface area contributed by atoms with Gasteiger partial charge in [0.15, 0.2) is 6.10 Å². The molecule has 20 heavy (non-hydrogen) atoms. The van der Waals surface area contributed by atoms with Crippen LogP contribution in [0.25, 0.3) is 0 Å². The Morgan fingerprint density at radius 1 is 1.05 bits per heavy atom. The van der Waals surface area contributed by atoms with Crippen molar-refractivity contribution in [3.8, 4) is 5.75 Å². The highest BCUT2D eigenvalue weighted by Gasteiger charge is 2.24. The molecule has 0 spiro atoms. The first-order valence-corrected chi connectivity index (χ1v) is 7.59. The number of rotatable bonds is 6. The Morgan fingerprint density at radius 3 is 2.20 bits per heavy atom. The van der Waals surface area contributed by atoms with Gasteiger partial charge in [0.2, 0.25) is 5.78 Å². The topological polar surface area (TPSA) is 26.3 Å². The van der Waals surface area contributed by atoms with E-state index in [0.29, 0.717) is 5.75 Å². The van der Waals surface area contributed by atoms with Gasteiger partial charge in [-0.1, -0.05) is 48.2 Å². The van der Waals surface area contributed by atoms with Crippen molar-refractivity contribution in [2.24, 2.45) is 0 Å².